The van der Waals surface area contributed by atoms with Crippen molar-refractivity contribution in [2.75, 3.05) is 0 Å². The molecule has 160 valence electrons. The molecule has 0 aromatic rings. The lowest BCUT2D eigenvalue weighted by Gasteiger charge is -1.99. The van der Waals surface area contributed by atoms with Gasteiger partial charge in [0.05, 0.1) is 0 Å². The molecule has 1 aliphatic rings. The largest absolute Gasteiger partial charge is 0.100 e. The van der Waals surface area contributed by atoms with Crippen molar-refractivity contribution in [1.29, 1.82) is 0 Å². The smallest absolute Gasteiger partial charge is 0.0234 e. The van der Waals surface area contributed by atoms with Crippen LogP contribution < -0.4 is 0 Å². The predicted molar refractivity (Wildman–Crippen MR) is 128 cm³/mol. The fourth-order valence-corrected chi connectivity index (χ4v) is 2.63. The Morgan fingerprint density at radius 3 is 1.69 bits per heavy atom. The third kappa shape index (κ3) is 34.7. The first kappa shape index (κ1) is 33.1. The van der Waals surface area contributed by atoms with Gasteiger partial charge in [0.15, 0.2) is 0 Å². The number of rotatable bonds is 9. The molecule has 0 atom stereocenters. The molecule has 0 radical (unpaired) electrons. The van der Waals surface area contributed by atoms with Crippen LogP contribution in [0.2, 0.25) is 0 Å². The van der Waals surface area contributed by atoms with E-state index in [2.05, 4.69) is 39.5 Å². The average molecular weight is 369 g/mol. The maximum absolute atomic E-state index is 3.83. The minimum absolute atomic E-state index is 0.937. The first-order chi connectivity index (χ1) is 12.7. The summed E-state index contributed by atoms with van der Waals surface area (Å²) in [6.07, 6.45) is 21.3. The summed E-state index contributed by atoms with van der Waals surface area (Å²) >= 11 is 0. The summed E-state index contributed by atoms with van der Waals surface area (Å²) in [4.78, 5) is 0. The molecule has 26 heavy (non-hydrogen) atoms. The van der Waals surface area contributed by atoms with Crippen molar-refractivity contribution < 1.29 is 0 Å². The minimum atomic E-state index is 0.937. The summed E-state index contributed by atoms with van der Waals surface area (Å²) < 4.78 is 0. The summed E-state index contributed by atoms with van der Waals surface area (Å²) in [5.41, 5.74) is 1.32. The quantitative estimate of drug-likeness (QED) is 0.280. The van der Waals surface area contributed by atoms with Gasteiger partial charge < -0.3 is 0 Å². The van der Waals surface area contributed by atoms with E-state index in [-0.39, 0.29) is 0 Å². The van der Waals surface area contributed by atoms with Crippen LogP contribution in [0.25, 0.3) is 0 Å². The summed E-state index contributed by atoms with van der Waals surface area (Å²) in [7, 11) is 0. The van der Waals surface area contributed by atoms with E-state index >= 15 is 0 Å². The highest BCUT2D eigenvalue weighted by molar-refractivity contribution is 4.90. The van der Waals surface area contributed by atoms with Crippen molar-refractivity contribution in [3.05, 3.63) is 24.3 Å². The van der Waals surface area contributed by atoms with Crippen LogP contribution in [-0.4, -0.2) is 0 Å². The third-order valence-electron chi connectivity index (χ3n) is 3.99. The average Bonchev–Trinajstić information content (AvgIpc) is 3.20. The van der Waals surface area contributed by atoms with Crippen LogP contribution in [0.5, 0.6) is 0 Å². The van der Waals surface area contributed by atoms with Gasteiger partial charge in [-0.15, -0.1) is 6.58 Å². The van der Waals surface area contributed by atoms with Crippen LogP contribution in [0, 0.1) is 5.92 Å². The van der Waals surface area contributed by atoms with Gasteiger partial charge in [-0.1, -0.05) is 112 Å². The van der Waals surface area contributed by atoms with Crippen LogP contribution in [0.3, 0.4) is 0 Å². The third-order valence-corrected chi connectivity index (χ3v) is 3.99. The Morgan fingerprint density at radius 1 is 0.808 bits per heavy atom. The molecule has 0 aliphatic heterocycles. The van der Waals surface area contributed by atoms with Crippen LogP contribution in [0.1, 0.15) is 139 Å². The van der Waals surface area contributed by atoms with Gasteiger partial charge in [-0.3, -0.25) is 0 Å². The Balaban J connectivity index is -0.000000151. The Hall–Kier alpha value is -0.520. The predicted octanol–water partition coefficient (Wildman–Crippen LogP) is 10.5. The van der Waals surface area contributed by atoms with Gasteiger partial charge in [0.25, 0.3) is 0 Å². The van der Waals surface area contributed by atoms with E-state index in [9.17, 15) is 0 Å². The number of hydrogen-bond donors (Lipinski definition) is 0. The van der Waals surface area contributed by atoms with E-state index < -0.39 is 0 Å². The Kier molecular flexibility index (Phi) is 45.3. The zero-order valence-electron chi connectivity index (χ0n) is 20.4. The number of allylic oxidation sites excluding steroid dienone is 3. The zero-order chi connectivity index (χ0) is 21.1. The lowest BCUT2D eigenvalue weighted by Crippen LogP contribution is -1.85. The Morgan fingerprint density at radius 2 is 1.27 bits per heavy atom. The Bertz CT molecular complexity index is 230. The molecule has 0 unspecified atom stereocenters. The molecule has 0 amide bonds. The van der Waals surface area contributed by atoms with Crippen LogP contribution in [-0.2, 0) is 0 Å². The van der Waals surface area contributed by atoms with Gasteiger partial charge in [-0.2, -0.15) is 0 Å². The molecule has 1 fully saturated rings. The molecule has 0 aromatic heterocycles. The first-order valence-electron chi connectivity index (χ1n) is 12.0. The van der Waals surface area contributed by atoms with Crippen LogP contribution >= 0.6 is 0 Å². The molecule has 1 saturated carbocycles. The van der Waals surface area contributed by atoms with Gasteiger partial charge in [0.1, 0.15) is 0 Å². The molecule has 1 aliphatic carbocycles. The van der Waals surface area contributed by atoms with E-state index in [0.29, 0.717) is 0 Å². The van der Waals surface area contributed by atoms with Crippen molar-refractivity contribution in [1.82, 2.24) is 0 Å². The van der Waals surface area contributed by atoms with Gasteiger partial charge >= 0.3 is 0 Å². The highest BCUT2D eigenvalue weighted by atomic mass is 14.2. The second-order valence-corrected chi connectivity index (χ2v) is 6.38. The fourth-order valence-electron chi connectivity index (χ4n) is 2.63. The van der Waals surface area contributed by atoms with Crippen molar-refractivity contribution in [3.63, 3.8) is 0 Å². The van der Waals surface area contributed by atoms with Crippen molar-refractivity contribution in [2.45, 2.75) is 139 Å². The molecular formula is C26H56. The molecule has 0 nitrogen and oxygen atoms in total. The molecule has 0 aromatic carbocycles. The highest BCUT2D eigenvalue weighted by Gasteiger charge is 2.10. The van der Waals surface area contributed by atoms with Gasteiger partial charge in [-0.05, 0) is 51.4 Å². The lowest BCUT2D eigenvalue weighted by atomic mass is 10.1. The highest BCUT2D eigenvalue weighted by Crippen LogP contribution is 2.25. The molecule has 0 saturated heterocycles. The van der Waals surface area contributed by atoms with Crippen LogP contribution in [0.4, 0.5) is 0 Å². The molecule has 0 heterocycles. The van der Waals surface area contributed by atoms with E-state index in [0.717, 1.165) is 5.92 Å². The molecule has 0 spiro atoms. The molecule has 0 N–H and O–H groups in total. The Labute approximate surface area is 170 Å². The van der Waals surface area contributed by atoms with Gasteiger partial charge in [0, 0.05) is 0 Å². The maximum Gasteiger partial charge on any atom is -0.0234 e. The molecule has 0 heteroatoms. The normalized spacial score (nSPS) is 12.5. The molecule has 0 bridgehead atoms. The summed E-state index contributed by atoms with van der Waals surface area (Å²) in [6, 6.07) is 0. The number of hydrogen-bond acceptors (Lipinski definition) is 0. The molecule has 1 rings (SSSR count). The van der Waals surface area contributed by atoms with Gasteiger partial charge in [-0.25, -0.2) is 0 Å². The topological polar surface area (TPSA) is 0 Å². The first-order valence-corrected chi connectivity index (χ1v) is 12.0. The van der Waals surface area contributed by atoms with Crippen molar-refractivity contribution in [2.24, 2.45) is 5.92 Å². The SMILES string of the molecule is C=C(C)CCCCC.CC.CC.CC.CCCCCC=CC1CCCC1. The van der Waals surface area contributed by atoms with Crippen LogP contribution in [0.15, 0.2) is 24.3 Å². The fraction of sp³-hybridized carbons (Fsp3) is 0.846. The standard InChI is InChI=1S/C12H22.C8H16.3C2H6/c1-2-3-4-5-6-9-12-10-7-8-11-12;1-4-5-6-7-8(2)3;3*1-2/h6,9,12H,2-5,7-8,10-11H2,1H3;2,4-7H2,1,3H3;3*1-2H3. The van der Waals surface area contributed by atoms with Crippen molar-refractivity contribution >= 4 is 0 Å². The van der Waals surface area contributed by atoms with Crippen molar-refractivity contribution in [3.8, 4) is 0 Å². The maximum atomic E-state index is 3.83. The summed E-state index contributed by atoms with van der Waals surface area (Å²) in [5.74, 6) is 0.937. The number of unbranched alkanes of at least 4 members (excludes halogenated alkanes) is 5. The van der Waals surface area contributed by atoms with E-state index in [1.807, 2.05) is 41.5 Å². The second-order valence-electron chi connectivity index (χ2n) is 6.38. The van der Waals surface area contributed by atoms with Gasteiger partial charge in [0.2, 0.25) is 0 Å². The van der Waals surface area contributed by atoms with E-state index in [4.69, 9.17) is 0 Å². The second kappa shape index (κ2) is 35.6. The molecular weight excluding hydrogens is 312 g/mol. The van der Waals surface area contributed by atoms with E-state index in [1.54, 1.807) is 0 Å². The van der Waals surface area contributed by atoms with E-state index in [1.165, 1.54) is 82.6 Å². The monoisotopic (exact) mass is 368 g/mol. The summed E-state index contributed by atoms with van der Waals surface area (Å²) in [6.45, 7) is 22.4. The lowest BCUT2D eigenvalue weighted by molar-refractivity contribution is 0.675. The summed E-state index contributed by atoms with van der Waals surface area (Å²) in [5, 5.41) is 0. The minimum Gasteiger partial charge on any atom is -0.100 e. The zero-order valence-corrected chi connectivity index (χ0v) is 20.4.